The number of anilines is 1. The summed E-state index contributed by atoms with van der Waals surface area (Å²) in [4.78, 5) is 49.4. The fourth-order valence-electron chi connectivity index (χ4n) is 8.13. The fourth-order valence-corrected chi connectivity index (χ4v) is 8.26. The van der Waals surface area contributed by atoms with E-state index in [2.05, 4.69) is 13.2 Å². The summed E-state index contributed by atoms with van der Waals surface area (Å²) in [7, 11) is 0. The van der Waals surface area contributed by atoms with Crippen molar-refractivity contribution in [2.45, 2.75) is 76.3 Å². The molecule has 2 aromatic rings. The van der Waals surface area contributed by atoms with Gasteiger partial charge in [-0.2, -0.15) is 0 Å². The second-order valence-corrected chi connectivity index (χ2v) is 13.7. The SMILES string of the molecule is C=CCN(Cc1ccccc1)C(=O)[C@H]1[C@H]2C(=O)N([C@@H](CO)CC(C)C)C(C(=O)N(CC=C)c3ccc(Cl)cc3)C23CC[C@]1(CC)O3. The van der Waals surface area contributed by atoms with Crippen LogP contribution in [0.3, 0.4) is 0 Å². The first-order valence-corrected chi connectivity index (χ1v) is 16.7. The Kier molecular flexibility index (Phi) is 10.1. The maximum atomic E-state index is 14.9. The Hall–Kier alpha value is -3.46. The number of hydrogen-bond acceptors (Lipinski definition) is 5. The highest BCUT2D eigenvalue weighted by atomic mass is 35.5. The molecule has 46 heavy (non-hydrogen) atoms. The van der Waals surface area contributed by atoms with Gasteiger partial charge in [-0.15, -0.1) is 13.2 Å². The zero-order chi connectivity index (χ0) is 33.2. The molecule has 0 saturated carbocycles. The Labute approximate surface area is 277 Å². The van der Waals surface area contributed by atoms with Crippen LogP contribution in [0.25, 0.3) is 0 Å². The summed E-state index contributed by atoms with van der Waals surface area (Å²) in [5.41, 5.74) is -0.548. The first kappa shape index (κ1) is 33.9. The molecule has 0 radical (unpaired) electrons. The number of ether oxygens (including phenoxy) is 1. The van der Waals surface area contributed by atoms with Crippen molar-refractivity contribution < 1.29 is 24.2 Å². The number of rotatable bonds is 14. The summed E-state index contributed by atoms with van der Waals surface area (Å²) in [6.07, 6.45) is 5.35. The van der Waals surface area contributed by atoms with Gasteiger partial charge in [0.05, 0.1) is 30.1 Å². The minimum atomic E-state index is -1.23. The molecule has 5 rings (SSSR count). The number of hydrogen-bond donors (Lipinski definition) is 1. The van der Waals surface area contributed by atoms with Gasteiger partial charge < -0.3 is 24.5 Å². The lowest BCUT2D eigenvalue weighted by Gasteiger charge is -2.40. The van der Waals surface area contributed by atoms with E-state index in [1.165, 1.54) is 0 Å². The quantitative estimate of drug-likeness (QED) is 0.268. The lowest BCUT2D eigenvalue weighted by atomic mass is 9.64. The van der Waals surface area contributed by atoms with Crippen molar-refractivity contribution in [3.63, 3.8) is 0 Å². The Morgan fingerprint density at radius 1 is 1.07 bits per heavy atom. The minimum absolute atomic E-state index is 0.143. The molecule has 3 aliphatic heterocycles. The zero-order valence-electron chi connectivity index (χ0n) is 27.1. The van der Waals surface area contributed by atoms with Gasteiger partial charge in [0, 0.05) is 30.3 Å². The van der Waals surface area contributed by atoms with E-state index in [-0.39, 0.29) is 36.8 Å². The third-order valence-electron chi connectivity index (χ3n) is 10.1. The van der Waals surface area contributed by atoms with Crippen LogP contribution < -0.4 is 4.90 Å². The smallest absolute Gasteiger partial charge is 0.253 e. The van der Waals surface area contributed by atoms with Crippen molar-refractivity contribution in [1.29, 1.82) is 0 Å². The third-order valence-corrected chi connectivity index (χ3v) is 10.3. The number of halogens is 1. The summed E-state index contributed by atoms with van der Waals surface area (Å²) < 4.78 is 7.04. The molecule has 3 aliphatic rings. The van der Waals surface area contributed by atoms with Crippen LogP contribution in [0.15, 0.2) is 79.9 Å². The molecule has 2 aromatic carbocycles. The number of carbonyl (C=O) groups excluding carboxylic acids is 3. The van der Waals surface area contributed by atoms with Crippen molar-refractivity contribution in [3.05, 3.63) is 90.5 Å². The molecule has 3 fully saturated rings. The highest BCUT2D eigenvalue weighted by molar-refractivity contribution is 6.30. The summed E-state index contributed by atoms with van der Waals surface area (Å²) in [5.74, 6) is -2.33. The number of carbonyl (C=O) groups is 3. The number of nitrogens with zero attached hydrogens (tertiary/aromatic N) is 3. The van der Waals surface area contributed by atoms with Gasteiger partial charge >= 0.3 is 0 Å². The topological polar surface area (TPSA) is 90.4 Å². The normalized spacial score (nSPS) is 27.0. The van der Waals surface area contributed by atoms with Gasteiger partial charge in [0.25, 0.3) is 5.91 Å². The zero-order valence-corrected chi connectivity index (χ0v) is 27.9. The van der Waals surface area contributed by atoms with Gasteiger partial charge in [0.15, 0.2) is 0 Å². The van der Waals surface area contributed by atoms with Crippen LogP contribution in [0, 0.1) is 17.8 Å². The minimum Gasteiger partial charge on any atom is -0.394 e. The van der Waals surface area contributed by atoms with Crippen LogP contribution in [-0.4, -0.2) is 75.6 Å². The molecule has 3 heterocycles. The number of aliphatic hydroxyl groups excluding tert-OH is 1. The summed E-state index contributed by atoms with van der Waals surface area (Å²) in [5, 5.41) is 11.2. The summed E-state index contributed by atoms with van der Waals surface area (Å²) >= 11 is 6.18. The predicted molar refractivity (Wildman–Crippen MR) is 180 cm³/mol. The molecule has 8 nitrogen and oxygen atoms in total. The Morgan fingerprint density at radius 2 is 1.74 bits per heavy atom. The molecule has 6 atom stereocenters. The second kappa shape index (κ2) is 13.7. The van der Waals surface area contributed by atoms with Gasteiger partial charge in [-0.25, -0.2) is 0 Å². The first-order valence-electron chi connectivity index (χ1n) is 16.3. The lowest BCUT2D eigenvalue weighted by Crippen LogP contribution is -2.59. The highest BCUT2D eigenvalue weighted by Crippen LogP contribution is 2.65. The van der Waals surface area contributed by atoms with Crippen molar-refractivity contribution in [1.82, 2.24) is 9.80 Å². The van der Waals surface area contributed by atoms with E-state index in [0.29, 0.717) is 49.5 Å². The molecule has 2 unspecified atom stereocenters. The predicted octanol–water partition coefficient (Wildman–Crippen LogP) is 5.64. The van der Waals surface area contributed by atoms with E-state index >= 15 is 0 Å². The highest BCUT2D eigenvalue weighted by Gasteiger charge is 2.79. The molecular formula is C37H46ClN3O5. The Balaban J connectivity index is 1.63. The van der Waals surface area contributed by atoms with Gasteiger partial charge in [-0.3, -0.25) is 14.4 Å². The first-order chi connectivity index (χ1) is 22.1. The summed E-state index contributed by atoms with van der Waals surface area (Å²) in [6, 6.07) is 15.0. The molecule has 1 spiro atoms. The number of likely N-dealkylation sites (tertiary alicyclic amines) is 1. The molecule has 0 aromatic heterocycles. The van der Waals surface area contributed by atoms with Crippen molar-refractivity contribution in [3.8, 4) is 0 Å². The molecule has 1 N–H and O–H groups in total. The number of benzene rings is 2. The molecule has 3 amide bonds. The average molecular weight is 648 g/mol. The molecule has 3 saturated heterocycles. The largest absolute Gasteiger partial charge is 0.394 e. The van der Waals surface area contributed by atoms with Crippen LogP contribution in [0.4, 0.5) is 5.69 Å². The number of amides is 3. The van der Waals surface area contributed by atoms with Gasteiger partial charge in [0.1, 0.15) is 11.6 Å². The van der Waals surface area contributed by atoms with Crippen molar-refractivity contribution >= 4 is 35.0 Å². The van der Waals surface area contributed by atoms with E-state index in [1.807, 2.05) is 51.1 Å². The monoisotopic (exact) mass is 647 g/mol. The van der Waals surface area contributed by atoms with Gasteiger partial charge in [-0.05, 0) is 61.4 Å². The van der Waals surface area contributed by atoms with Gasteiger partial charge in [0.2, 0.25) is 11.8 Å². The standard InChI is InChI=1S/C37H46ClN3O5/c1-6-20-39(23-26-12-10-9-11-13-26)33(43)30-31-34(44)41(29(24-42)22-25(4)5)32(37(31)19-18-36(30,8-3)46-37)35(45)40(21-7-2)28-16-14-27(38)15-17-28/h6-7,9-17,25,29-32,42H,1-2,8,18-24H2,3-5H3/t29-,30-,31+,32?,36+,37?/m1/s1. The second-order valence-electron chi connectivity index (χ2n) is 13.3. The van der Waals surface area contributed by atoms with E-state index in [9.17, 15) is 19.5 Å². The van der Waals surface area contributed by atoms with Crippen LogP contribution >= 0.6 is 11.6 Å². The van der Waals surface area contributed by atoms with Crippen molar-refractivity contribution in [2.75, 3.05) is 24.6 Å². The maximum absolute atomic E-state index is 14.9. The van der Waals surface area contributed by atoms with Gasteiger partial charge in [-0.1, -0.05) is 74.9 Å². The van der Waals surface area contributed by atoms with Crippen LogP contribution in [0.1, 0.15) is 52.0 Å². The van der Waals surface area contributed by atoms with Crippen molar-refractivity contribution in [2.24, 2.45) is 17.8 Å². The van der Waals surface area contributed by atoms with Crippen LogP contribution in [-0.2, 0) is 25.7 Å². The average Bonchev–Trinajstić information content (AvgIpc) is 3.66. The Morgan fingerprint density at radius 3 is 2.33 bits per heavy atom. The third kappa shape index (κ3) is 5.80. The molecular weight excluding hydrogens is 602 g/mol. The van der Waals surface area contributed by atoms with E-state index in [4.69, 9.17) is 16.3 Å². The van der Waals surface area contributed by atoms with Crippen LogP contribution in [0.2, 0.25) is 5.02 Å². The molecule has 2 bridgehead atoms. The Bertz CT molecular complexity index is 1450. The van der Waals surface area contributed by atoms with E-state index in [1.54, 1.807) is 51.1 Å². The number of fused-ring (bicyclic) bond motifs is 1. The molecule has 246 valence electrons. The number of aliphatic hydroxyl groups is 1. The molecule has 0 aliphatic carbocycles. The van der Waals surface area contributed by atoms with Crippen LogP contribution in [0.5, 0.6) is 0 Å². The summed E-state index contributed by atoms with van der Waals surface area (Å²) in [6.45, 7) is 14.4. The lowest BCUT2D eigenvalue weighted by molar-refractivity contribution is -0.154. The fraction of sp³-hybridized carbons (Fsp3) is 0.486. The van der Waals surface area contributed by atoms with E-state index in [0.717, 1.165) is 5.56 Å². The molecule has 9 heteroatoms. The maximum Gasteiger partial charge on any atom is 0.253 e. The van der Waals surface area contributed by atoms with E-state index < -0.39 is 35.1 Å².